The van der Waals surface area contributed by atoms with Gasteiger partial charge in [-0.25, -0.2) is 0 Å². The number of hydrogen-bond donors (Lipinski definition) is 1. The summed E-state index contributed by atoms with van der Waals surface area (Å²) in [6.45, 7) is 17.2. The number of nitrogens with one attached hydrogen (secondary N) is 1. The second-order valence-corrected chi connectivity index (χ2v) is 9.39. The van der Waals surface area contributed by atoms with Crippen molar-refractivity contribution in [3.05, 3.63) is 0 Å². The molecule has 3 aliphatic rings. The van der Waals surface area contributed by atoms with Crippen LogP contribution >= 0.6 is 0 Å². The van der Waals surface area contributed by atoms with Crippen LogP contribution < -0.4 is 5.32 Å². The second-order valence-electron chi connectivity index (χ2n) is 9.39. The topological polar surface area (TPSA) is 12.0 Å². The largest absolute Gasteiger partial charge is 0.309 e. The highest BCUT2D eigenvalue weighted by atomic mass is 15.1. The van der Waals surface area contributed by atoms with Gasteiger partial charge in [-0.2, -0.15) is 0 Å². The molecule has 1 heteroatoms. The van der Waals surface area contributed by atoms with Gasteiger partial charge in [0.25, 0.3) is 0 Å². The molecule has 3 atom stereocenters. The third kappa shape index (κ3) is 1.32. The molecule has 0 aromatic rings. The Hall–Kier alpha value is -0.0400. The summed E-state index contributed by atoms with van der Waals surface area (Å²) in [5, 5.41) is 4.10. The molecule has 0 amide bonds. The summed E-state index contributed by atoms with van der Waals surface area (Å²) in [7, 11) is 0. The van der Waals surface area contributed by atoms with Crippen LogP contribution in [-0.4, -0.2) is 12.1 Å². The van der Waals surface area contributed by atoms with Gasteiger partial charge in [-0.05, 0) is 46.8 Å². The number of fused-ring (bicyclic) bond motifs is 2. The van der Waals surface area contributed by atoms with E-state index in [0.717, 1.165) is 12.0 Å². The van der Waals surface area contributed by atoms with Gasteiger partial charge < -0.3 is 5.32 Å². The first-order chi connectivity index (χ1) is 8.03. The van der Waals surface area contributed by atoms with Crippen LogP contribution in [0.1, 0.15) is 67.7 Å². The zero-order valence-corrected chi connectivity index (χ0v) is 13.4. The summed E-state index contributed by atoms with van der Waals surface area (Å²) in [6, 6.07) is 1.42. The number of rotatable bonds is 2. The maximum Gasteiger partial charge on any atom is 0.0184 e. The van der Waals surface area contributed by atoms with E-state index < -0.39 is 0 Å². The highest BCUT2D eigenvalue weighted by Gasteiger charge is 2.68. The van der Waals surface area contributed by atoms with Crippen molar-refractivity contribution in [3.63, 3.8) is 0 Å². The SMILES string of the molecule is CC12CCC(C1)C(C)(C)C2NC1C(C)(C)C1(C)C. The first kappa shape index (κ1) is 13.0. The molecule has 0 aliphatic heterocycles. The van der Waals surface area contributed by atoms with Gasteiger partial charge in [0.1, 0.15) is 0 Å². The molecule has 0 aromatic heterocycles. The smallest absolute Gasteiger partial charge is 0.0184 e. The van der Waals surface area contributed by atoms with E-state index in [4.69, 9.17) is 0 Å². The predicted molar refractivity (Wildman–Crippen MR) is 77.5 cm³/mol. The predicted octanol–water partition coefficient (Wildman–Crippen LogP) is 4.23. The molecule has 0 spiro atoms. The molecule has 18 heavy (non-hydrogen) atoms. The van der Waals surface area contributed by atoms with Crippen molar-refractivity contribution in [2.75, 3.05) is 0 Å². The van der Waals surface area contributed by atoms with Gasteiger partial charge in [-0.1, -0.05) is 48.5 Å². The second kappa shape index (κ2) is 3.16. The van der Waals surface area contributed by atoms with E-state index >= 15 is 0 Å². The molecule has 3 unspecified atom stereocenters. The lowest BCUT2D eigenvalue weighted by Crippen LogP contribution is -2.52. The van der Waals surface area contributed by atoms with Crippen molar-refractivity contribution < 1.29 is 0 Å². The zero-order chi connectivity index (χ0) is 13.6. The van der Waals surface area contributed by atoms with Crippen molar-refractivity contribution in [2.24, 2.45) is 27.6 Å². The lowest BCUT2D eigenvalue weighted by molar-refractivity contribution is 0.103. The fourth-order valence-electron chi connectivity index (χ4n) is 5.50. The van der Waals surface area contributed by atoms with E-state index in [0.29, 0.717) is 27.7 Å². The van der Waals surface area contributed by atoms with Crippen molar-refractivity contribution in [1.29, 1.82) is 0 Å². The Labute approximate surface area is 113 Å². The zero-order valence-electron chi connectivity index (χ0n) is 13.4. The molecule has 2 bridgehead atoms. The lowest BCUT2D eigenvalue weighted by atomic mass is 9.68. The van der Waals surface area contributed by atoms with Crippen LogP contribution in [0.4, 0.5) is 0 Å². The maximum absolute atomic E-state index is 4.10. The summed E-state index contributed by atoms with van der Waals surface area (Å²) >= 11 is 0. The molecule has 3 rings (SSSR count). The summed E-state index contributed by atoms with van der Waals surface area (Å²) in [6.07, 6.45) is 4.34. The average molecular weight is 249 g/mol. The summed E-state index contributed by atoms with van der Waals surface area (Å²) < 4.78 is 0. The van der Waals surface area contributed by atoms with Crippen molar-refractivity contribution in [1.82, 2.24) is 5.32 Å². The van der Waals surface area contributed by atoms with Gasteiger partial charge in [-0.15, -0.1) is 0 Å². The third-order valence-corrected chi connectivity index (χ3v) is 7.62. The standard InChI is InChI=1S/C17H31N/c1-14(2)11-8-9-17(7,10-11)12(14)18-13-15(3,4)16(13,5)6/h11-13,18H,8-10H2,1-7H3. The molecule has 0 saturated heterocycles. The molecular weight excluding hydrogens is 218 g/mol. The van der Waals surface area contributed by atoms with Gasteiger partial charge in [0.15, 0.2) is 0 Å². The van der Waals surface area contributed by atoms with E-state index in [-0.39, 0.29) is 0 Å². The minimum absolute atomic E-state index is 0.460. The van der Waals surface area contributed by atoms with Crippen LogP contribution in [-0.2, 0) is 0 Å². The molecule has 3 saturated carbocycles. The van der Waals surface area contributed by atoms with Crippen LogP contribution in [0, 0.1) is 27.6 Å². The van der Waals surface area contributed by atoms with Gasteiger partial charge in [0.05, 0.1) is 0 Å². The molecule has 3 aliphatic carbocycles. The van der Waals surface area contributed by atoms with E-state index in [2.05, 4.69) is 53.8 Å². The quantitative estimate of drug-likeness (QED) is 0.772. The lowest BCUT2D eigenvalue weighted by Gasteiger charge is -2.44. The van der Waals surface area contributed by atoms with E-state index in [9.17, 15) is 0 Å². The summed E-state index contributed by atoms with van der Waals surface area (Å²) in [5.41, 5.74) is 1.97. The fourth-order valence-corrected chi connectivity index (χ4v) is 5.50. The Balaban J connectivity index is 1.82. The van der Waals surface area contributed by atoms with Gasteiger partial charge >= 0.3 is 0 Å². The Morgan fingerprint density at radius 3 is 1.78 bits per heavy atom. The molecule has 104 valence electrons. The normalized spacial score (nSPS) is 47.5. The van der Waals surface area contributed by atoms with Crippen molar-refractivity contribution in [2.45, 2.75) is 79.8 Å². The monoisotopic (exact) mass is 249 g/mol. The van der Waals surface area contributed by atoms with Gasteiger partial charge in [0.2, 0.25) is 0 Å². The van der Waals surface area contributed by atoms with E-state index in [1.54, 1.807) is 0 Å². The summed E-state index contributed by atoms with van der Waals surface area (Å²) in [4.78, 5) is 0. The van der Waals surface area contributed by atoms with E-state index in [1.165, 1.54) is 19.3 Å². The highest BCUT2D eigenvalue weighted by Crippen LogP contribution is 2.67. The molecule has 1 N–H and O–H groups in total. The number of hydrogen-bond acceptors (Lipinski definition) is 1. The van der Waals surface area contributed by atoms with Gasteiger partial charge in [-0.3, -0.25) is 0 Å². The van der Waals surface area contributed by atoms with Crippen LogP contribution in [0.3, 0.4) is 0 Å². The molecule has 0 radical (unpaired) electrons. The fraction of sp³-hybridized carbons (Fsp3) is 1.00. The van der Waals surface area contributed by atoms with Crippen molar-refractivity contribution >= 4 is 0 Å². The van der Waals surface area contributed by atoms with Crippen molar-refractivity contribution in [3.8, 4) is 0 Å². The first-order valence-corrected chi connectivity index (χ1v) is 7.79. The Bertz CT molecular complexity index is 360. The average Bonchev–Trinajstić information content (AvgIpc) is 2.55. The molecular formula is C17H31N. The minimum atomic E-state index is 0.460. The van der Waals surface area contributed by atoms with Crippen LogP contribution in [0.2, 0.25) is 0 Å². The minimum Gasteiger partial charge on any atom is -0.309 e. The Morgan fingerprint density at radius 2 is 1.39 bits per heavy atom. The highest BCUT2D eigenvalue weighted by molar-refractivity contribution is 5.22. The molecule has 0 aromatic carbocycles. The molecule has 1 nitrogen and oxygen atoms in total. The van der Waals surface area contributed by atoms with Crippen LogP contribution in [0.15, 0.2) is 0 Å². The Kier molecular flexibility index (Phi) is 2.28. The molecule has 0 heterocycles. The maximum atomic E-state index is 4.10. The van der Waals surface area contributed by atoms with E-state index in [1.807, 2.05) is 0 Å². The first-order valence-electron chi connectivity index (χ1n) is 7.79. The molecule has 3 fully saturated rings. The van der Waals surface area contributed by atoms with Gasteiger partial charge in [0, 0.05) is 12.1 Å². The summed E-state index contributed by atoms with van der Waals surface area (Å²) in [5.74, 6) is 0.949. The van der Waals surface area contributed by atoms with Crippen LogP contribution in [0.25, 0.3) is 0 Å². The third-order valence-electron chi connectivity index (χ3n) is 7.62. The van der Waals surface area contributed by atoms with Crippen LogP contribution in [0.5, 0.6) is 0 Å². The Morgan fingerprint density at radius 1 is 0.833 bits per heavy atom.